The van der Waals surface area contributed by atoms with Crippen LogP contribution < -0.4 is 14.8 Å². The second-order valence-electron chi connectivity index (χ2n) is 5.53. The summed E-state index contributed by atoms with van der Waals surface area (Å²) >= 11 is 7.30. The van der Waals surface area contributed by atoms with E-state index in [-0.39, 0.29) is 11.8 Å². The van der Waals surface area contributed by atoms with Gasteiger partial charge in [-0.3, -0.25) is 4.79 Å². The quantitative estimate of drug-likeness (QED) is 0.804. The van der Waals surface area contributed by atoms with Crippen LogP contribution >= 0.6 is 22.9 Å². The van der Waals surface area contributed by atoms with Crippen molar-refractivity contribution in [3.63, 3.8) is 0 Å². The van der Waals surface area contributed by atoms with Gasteiger partial charge in [0.05, 0.1) is 14.2 Å². The number of carbonyl (C=O) groups is 1. The Balaban J connectivity index is 1.98. The van der Waals surface area contributed by atoms with E-state index < -0.39 is 0 Å². The van der Waals surface area contributed by atoms with Crippen molar-refractivity contribution in [1.82, 2.24) is 10.3 Å². The summed E-state index contributed by atoms with van der Waals surface area (Å²) in [4.78, 5) is 17.4. The van der Waals surface area contributed by atoms with Gasteiger partial charge in [-0.1, -0.05) is 31.5 Å². The van der Waals surface area contributed by atoms with E-state index in [1.54, 1.807) is 14.2 Å². The zero-order valence-corrected chi connectivity index (χ0v) is 15.8. The first-order valence-corrected chi connectivity index (χ1v) is 8.81. The van der Waals surface area contributed by atoms with Crippen LogP contribution in [0.5, 0.6) is 11.5 Å². The first-order chi connectivity index (χ1) is 11.5. The molecule has 0 saturated heterocycles. The van der Waals surface area contributed by atoms with Crippen molar-refractivity contribution >= 4 is 28.8 Å². The molecule has 0 spiro atoms. The second kappa shape index (κ2) is 8.35. The molecule has 0 aliphatic heterocycles. The van der Waals surface area contributed by atoms with E-state index in [1.807, 2.05) is 32.0 Å². The molecule has 1 heterocycles. The lowest BCUT2D eigenvalue weighted by atomic mass is 10.1. The third-order valence-corrected chi connectivity index (χ3v) is 4.97. The number of aromatic nitrogens is 1. The Bertz CT molecular complexity index is 716. The van der Waals surface area contributed by atoms with Crippen molar-refractivity contribution in [1.29, 1.82) is 0 Å². The minimum atomic E-state index is -0.192. The van der Waals surface area contributed by atoms with Crippen LogP contribution in [0.4, 0.5) is 0 Å². The van der Waals surface area contributed by atoms with Crippen molar-refractivity contribution < 1.29 is 14.3 Å². The molecule has 1 aromatic heterocycles. The molecule has 130 valence electrons. The third kappa shape index (κ3) is 4.39. The summed E-state index contributed by atoms with van der Waals surface area (Å²) in [7, 11) is 3.20. The third-order valence-electron chi connectivity index (χ3n) is 3.51. The fourth-order valence-corrected chi connectivity index (χ4v) is 3.42. The van der Waals surface area contributed by atoms with E-state index in [2.05, 4.69) is 10.3 Å². The Kier molecular flexibility index (Phi) is 6.45. The number of nitrogens with zero attached hydrogens (tertiary/aromatic N) is 1. The predicted octanol–water partition coefficient (Wildman–Crippen LogP) is 3.91. The van der Waals surface area contributed by atoms with Gasteiger partial charge in [0.1, 0.15) is 5.69 Å². The Morgan fingerprint density at radius 1 is 1.29 bits per heavy atom. The molecular weight excluding hydrogens is 348 g/mol. The van der Waals surface area contributed by atoms with E-state index >= 15 is 0 Å². The lowest BCUT2D eigenvalue weighted by Crippen LogP contribution is -2.27. The molecule has 0 atom stereocenters. The van der Waals surface area contributed by atoms with Gasteiger partial charge in [0, 0.05) is 11.4 Å². The van der Waals surface area contributed by atoms with Crippen LogP contribution in [0, 0.1) is 0 Å². The average molecular weight is 369 g/mol. The van der Waals surface area contributed by atoms with Gasteiger partial charge in [0.15, 0.2) is 16.0 Å². The van der Waals surface area contributed by atoms with Gasteiger partial charge in [-0.25, -0.2) is 4.98 Å². The average Bonchev–Trinajstić information content (AvgIpc) is 2.97. The lowest BCUT2D eigenvalue weighted by Gasteiger charge is -2.10. The molecule has 0 saturated carbocycles. The van der Waals surface area contributed by atoms with Gasteiger partial charge in [-0.15, -0.1) is 11.3 Å². The molecule has 0 radical (unpaired) electrons. The van der Waals surface area contributed by atoms with Gasteiger partial charge < -0.3 is 14.8 Å². The van der Waals surface area contributed by atoms with Crippen LogP contribution in [0.3, 0.4) is 0 Å². The minimum absolute atomic E-state index is 0.192. The molecule has 2 rings (SSSR count). The standard InChI is InChI=1S/C17H21ClN2O3S/c1-10(2)15-14(20-17(18)24-15)16(21)19-8-7-11-5-6-12(22-3)13(9-11)23-4/h5-6,9-10H,7-8H2,1-4H3,(H,19,21). The summed E-state index contributed by atoms with van der Waals surface area (Å²) < 4.78 is 10.9. The number of benzene rings is 1. The Morgan fingerprint density at radius 3 is 2.62 bits per heavy atom. The molecule has 7 heteroatoms. The van der Waals surface area contributed by atoms with Crippen LogP contribution in [-0.4, -0.2) is 31.7 Å². The fraction of sp³-hybridized carbons (Fsp3) is 0.412. The van der Waals surface area contributed by atoms with E-state index in [9.17, 15) is 4.79 Å². The van der Waals surface area contributed by atoms with E-state index in [4.69, 9.17) is 21.1 Å². The van der Waals surface area contributed by atoms with Gasteiger partial charge in [-0.05, 0) is 30.0 Å². The summed E-state index contributed by atoms with van der Waals surface area (Å²) in [6.07, 6.45) is 0.682. The van der Waals surface area contributed by atoms with E-state index in [1.165, 1.54) is 11.3 Å². The molecule has 24 heavy (non-hydrogen) atoms. The monoisotopic (exact) mass is 368 g/mol. The molecular formula is C17H21ClN2O3S. The first-order valence-electron chi connectivity index (χ1n) is 7.61. The normalized spacial score (nSPS) is 10.8. The number of hydrogen-bond donors (Lipinski definition) is 1. The highest BCUT2D eigenvalue weighted by atomic mass is 35.5. The van der Waals surface area contributed by atoms with E-state index in [0.717, 1.165) is 10.4 Å². The van der Waals surface area contributed by atoms with Crippen molar-refractivity contribution in [2.45, 2.75) is 26.2 Å². The number of hydrogen-bond acceptors (Lipinski definition) is 5. The summed E-state index contributed by atoms with van der Waals surface area (Å²) in [5.74, 6) is 1.38. The fourth-order valence-electron chi connectivity index (χ4n) is 2.30. The number of amides is 1. The van der Waals surface area contributed by atoms with Gasteiger partial charge >= 0.3 is 0 Å². The number of carbonyl (C=O) groups excluding carboxylic acids is 1. The van der Waals surface area contributed by atoms with Crippen molar-refractivity contribution in [2.75, 3.05) is 20.8 Å². The van der Waals surface area contributed by atoms with Crippen molar-refractivity contribution in [3.8, 4) is 11.5 Å². The smallest absolute Gasteiger partial charge is 0.271 e. The van der Waals surface area contributed by atoms with Gasteiger partial charge in [0.2, 0.25) is 0 Å². The van der Waals surface area contributed by atoms with Crippen LogP contribution in [0.1, 0.15) is 40.7 Å². The summed E-state index contributed by atoms with van der Waals surface area (Å²) in [5.41, 5.74) is 1.47. The topological polar surface area (TPSA) is 60.5 Å². The first kappa shape index (κ1) is 18.5. The van der Waals surface area contributed by atoms with Crippen molar-refractivity contribution in [2.24, 2.45) is 0 Å². The SMILES string of the molecule is COc1ccc(CCNC(=O)c2nc(Cl)sc2C(C)C)cc1OC. The number of halogens is 1. The zero-order chi connectivity index (χ0) is 17.7. The molecule has 1 amide bonds. The summed E-state index contributed by atoms with van der Waals surface area (Å²) in [6, 6.07) is 5.71. The molecule has 0 aliphatic rings. The van der Waals surface area contributed by atoms with Crippen LogP contribution in [0.2, 0.25) is 4.47 Å². The van der Waals surface area contributed by atoms with Crippen LogP contribution in [-0.2, 0) is 6.42 Å². The number of thiazole rings is 1. The summed E-state index contributed by atoms with van der Waals surface area (Å²) in [5, 5.41) is 2.90. The number of rotatable bonds is 7. The Labute approximate surface area is 151 Å². The maximum atomic E-state index is 12.3. The second-order valence-corrected chi connectivity index (χ2v) is 7.14. The Morgan fingerprint density at radius 2 is 2.00 bits per heavy atom. The highest BCUT2D eigenvalue weighted by Crippen LogP contribution is 2.29. The molecule has 0 aliphatic carbocycles. The number of ether oxygens (including phenoxy) is 2. The molecule has 1 aromatic carbocycles. The largest absolute Gasteiger partial charge is 0.493 e. The molecule has 5 nitrogen and oxygen atoms in total. The van der Waals surface area contributed by atoms with E-state index in [0.29, 0.717) is 34.6 Å². The molecule has 2 aromatic rings. The zero-order valence-electron chi connectivity index (χ0n) is 14.2. The van der Waals surface area contributed by atoms with Gasteiger partial charge in [-0.2, -0.15) is 0 Å². The van der Waals surface area contributed by atoms with Crippen LogP contribution in [0.25, 0.3) is 0 Å². The summed E-state index contributed by atoms with van der Waals surface area (Å²) in [6.45, 7) is 4.54. The molecule has 0 unspecified atom stereocenters. The minimum Gasteiger partial charge on any atom is -0.493 e. The number of methoxy groups -OCH3 is 2. The predicted molar refractivity (Wildman–Crippen MR) is 96.8 cm³/mol. The molecule has 0 bridgehead atoms. The Hall–Kier alpha value is -1.79. The van der Waals surface area contributed by atoms with Gasteiger partial charge in [0.25, 0.3) is 5.91 Å². The maximum Gasteiger partial charge on any atom is 0.271 e. The van der Waals surface area contributed by atoms with Crippen LogP contribution in [0.15, 0.2) is 18.2 Å². The van der Waals surface area contributed by atoms with Crippen molar-refractivity contribution in [3.05, 3.63) is 38.8 Å². The lowest BCUT2D eigenvalue weighted by molar-refractivity contribution is 0.0948. The molecule has 1 N–H and O–H groups in total. The highest BCUT2D eigenvalue weighted by molar-refractivity contribution is 7.16. The highest BCUT2D eigenvalue weighted by Gasteiger charge is 2.19. The maximum absolute atomic E-state index is 12.3. The molecule has 0 fully saturated rings. The number of nitrogens with one attached hydrogen (secondary N) is 1.